The van der Waals surface area contributed by atoms with E-state index in [1.165, 1.54) is 4.88 Å². The Morgan fingerprint density at radius 1 is 1.21 bits per heavy atom. The summed E-state index contributed by atoms with van der Waals surface area (Å²) in [6.45, 7) is 2.00. The Morgan fingerprint density at radius 3 is 2.42 bits per heavy atom. The van der Waals surface area contributed by atoms with Crippen molar-refractivity contribution in [1.29, 1.82) is 0 Å². The first-order valence-electron chi connectivity index (χ1n) is 6.19. The van der Waals surface area contributed by atoms with E-state index in [4.69, 9.17) is 0 Å². The molecular weight excluding hydrogens is 256 g/mol. The average molecular weight is 274 g/mol. The predicted octanol–water partition coefficient (Wildman–Crippen LogP) is 3.31. The zero-order valence-electron chi connectivity index (χ0n) is 11.4. The fourth-order valence-electron chi connectivity index (χ4n) is 1.80. The van der Waals surface area contributed by atoms with Crippen LogP contribution in [-0.4, -0.2) is 20.0 Å². The van der Waals surface area contributed by atoms with Crippen LogP contribution in [0.25, 0.3) is 0 Å². The third-order valence-corrected chi connectivity index (χ3v) is 4.02. The number of carbonyl (C=O) groups excluding carboxylic acids is 1. The molecule has 0 saturated heterocycles. The Bertz CT molecular complexity index is 532. The van der Waals surface area contributed by atoms with E-state index in [-0.39, 0.29) is 11.9 Å². The average Bonchev–Trinajstić information content (AvgIpc) is 2.92. The highest BCUT2D eigenvalue weighted by atomic mass is 32.1. The Kier molecular flexibility index (Phi) is 4.22. The minimum Gasteiger partial charge on any atom is -0.378 e. The van der Waals surface area contributed by atoms with Gasteiger partial charge in [-0.15, -0.1) is 11.3 Å². The van der Waals surface area contributed by atoms with Crippen molar-refractivity contribution < 1.29 is 4.79 Å². The van der Waals surface area contributed by atoms with Gasteiger partial charge in [-0.1, -0.05) is 6.07 Å². The van der Waals surface area contributed by atoms with Crippen LogP contribution >= 0.6 is 11.3 Å². The van der Waals surface area contributed by atoms with Crippen molar-refractivity contribution in [2.45, 2.75) is 13.0 Å². The van der Waals surface area contributed by atoms with Crippen LogP contribution in [0.4, 0.5) is 5.69 Å². The summed E-state index contributed by atoms with van der Waals surface area (Å²) in [4.78, 5) is 15.3. The van der Waals surface area contributed by atoms with Crippen LogP contribution in [0.2, 0.25) is 0 Å². The molecule has 2 rings (SSSR count). The molecule has 1 aromatic carbocycles. The summed E-state index contributed by atoms with van der Waals surface area (Å²) < 4.78 is 0. The van der Waals surface area contributed by atoms with Crippen LogP contribution in [0.3, 0.4) is 0 Å². The van der Waals surface area contributed by atoms with Gasteiger partial charge >= 0.3 is 0 Å². The van der Waals surface area contributed by atoms with Gasteiger partial charge < -0.3 is 10.2 Å². The minimum atomic E-state index is -0.0359. The van der Waals surface area contributed by atoms with Crippen LogP contribution in [0, 0.1) is 0 Å². The number of hydrogen-bond acceptors (Lipinski definition) is 3. The first-order valence-corrected chi connectivity index (χ1v) is 7.07. The summed E-state index contributed by atoms with van der Waals surface area (Å²) in [7, 11) is 3.96. The third kappa shape index (κ3) is 3.35. The van der Waals surface area contributed by atoms with Crippen molar-refractivity contribution in [2.24, 2.45) is 0 Å². The van der Waals surface area contributed by atoms with Gasteiger partial charge in [-0.2, -0.15) is 0 Å². The second-order valence-electron chi connectivity index (χ2n) is 4.65. The molecule has 100 valence electrons. The number of amides is 1. The summed E-state index contributed by atoms with van der Waals surface area (Å²) >= 11 is 1.65. The topological polar surface area (TPSA) is 32.3 Å². The molecule has 0 spiro atoms. The number of rotatable bonds is 4. The highest BCUT2D eigenvalue weighted by Gasteiger charge is 2.12. The van der Waals surface area contributed by atoms with E-state index < -0.39 is 0 Å². The first-order chi connectivity index (χ1) is 9.08. The van der Waals surface area contributed by atoms with Gasteiger partial charge in [0.1, 0.15) is 0 Å². The van der Waals surface area contributed by atoms with Gasteiger partial charge in [-0.25, -0.2) is 0 Å². The van der Waals surface area contributed by atoms with Crippen molar-refractivity contribution in [3.63, 3.8) is 0 Å². The van der Waals surface area contributed by atoms with Gasteiger partial charge in [0.2, 0.25) is 0 Å². The van der Waals surface area contributed by atoms with E-state index in [0.29, 0.717) is 5.56 Å². The maximum atomic E-state index is 12.1. The van der Waals surface area contributed by atoms with Crippen molar-refractivity contribution in [1.82, 2.24) is 5.32 Å². The second kappa shape index (κ2) is 5.89. The largest absolute Gasteiger partial charge is 0.378 e. The highest BCUT2D eigenvalue weighted by molar-refractivity contribution is 7.10. The number of benzene rings is 1. The zero-order chi connectivity index (χ0) is 13.8. The minimum absolute atomic E-state index is 0.0359. The number of nitrogens with one attached hydrogen (secondary N) is 1. The predicted molar refractivity (Wildman–Crippen MR) is 81.0 cm³/mol. The van der Waals surface area contributed by atoms with Crippen molar-refractivity contribution in [2.75, 3.05) is 19.0 Å². The SMILES string of the molecule is C[C@H](NC(=O)c1ccc(N(C)C)cc1)c1cccs1. The molecule has 1 atom stereocenters. The number of hydrogen-bond donors (Lipinski definition) is 1. The number of nitrogens with zero attached hydrogens (tertiary/aromatic N) is 1. The Balaban J connectivity index is 2.03. The fraction of sp³-hybridized carbons (Fsp3) is 0.267. The molecule has 0 bridgehead atoms. The van der Waals surface area contributed by atoms with E-state index in [9.17, 15) is 4.79 Å². The lowest BCUT2D eigenvalue weighted by Gasteiger charge is -2.14. The van der Waals surface area contributed by atoms with Crippen LogP contribution in [-0.2, 0) is 0 Å². The molecule has 0 aliphatic heterocycles. The van der Waals surface area contributed by atoms with Gasteiger partial charge in [-0.3, -0.25) is 4.79 Å². The molecule has 0 fully saturated rings. The van der Waals surface area contributed by atoms with E-state index in [0.717, 1.165) is 5.69 Å². The van der Waals surface area contributed by atoms with Gasteiger partial charge in [0, 0.05) is 30.2 Å². The lowest BCUT2D eigenvalue weighted by Crippen LogP contribution is -2.26. The summed E-state index contributed by atoms with van der Waals surface area (Å²) in [5.41, 5.74) is 1.77. The highest BCUT2D eigenvalue weighted by Crippen LogP contribution is 2.19. The summed E-state index contributed by atoms with van der Waals surface area (Å²) in [6, 6.07) is 11.7. The molecule has 3 nitrogen and oxygen atoms in total. The van der Waals surface area contributed by atoms with E-state index in [1.807, 2.05) is 67.7 Å². The van der Waals surface area contributed by atoms with E-state index >= 15 is 0 Å². The summed E-state index contributed by atoms with van der Waals surface area (Å²) in [5.74, 6) is -0.0359. The molecule has 0 aliphatic carbocycles. The third-order valence-electron chi connectivity index (χ3n) is 2.96. The maximum Gasteiger partial charge on any atom is 0.251 e. The van der Waals surface area contributed by atoms with Gasteiger partial charge in [-0.05, 0) is 42.6 Å². The molecule has 4 heteroatoms. The standard InChI is InChI=1S/C15H18N2OS/c1-11(14-5-4-10-19-14)16-15(18)12-6-8-13(9-7-12)17(2)3/h4-11H,1-3H3,(H,16,18)/t11-/m0/s1. The van der Waals surface area contributed by atoms with Gasteiger partial charge in [0.25, 0.3) is 5.91 Å². The van der Waals surface area contributed by atoms with Gasteiger partial charge in [0.15, 0.2) is 0 Å². The molecule has 1 amide bonds. The fourth-order valence-corrected chi connectivity index (χ4v) is 2.53. The lowest BCUT2D eigenvalue weighted by atomic mass is 10.1. The molecule has 0 aliphatic rings. The molecule has 1 aromatic heterocycles. The van der Waals surface area contributed by atoms with Crippen molar-refractivity contribution >= 4 is 22.9 Å². The Hall–Kier alpha value is -1.81. The number of anilines is 1. The normalized spacial score (nSPS) is 11.9. The monoisotopic (exact) mass is 274 g/mol. The second-order valence-corrected chi connectivity index (χ2v) is 5.63. The van der Waals surface area contributed by atoms with Crippen molar-refractivity contribution in [3.05, 3.63) is 52.2 Å². The Labute approximate surface area is 117 Å². The molecule has 0 radical (unpaired) electrons. The Morgan fingerprint density at radius 2 is 1.89 bits per heavy atom. The lowest BCUT2D eigenvalue weighted by molar-refractivity contribution is 0.0940. The maximum absolute atomic E-state index is 12.1. The number of thiophene rings is 1. The molecule has 19 heavy (non-hydrogen) atoms. The van der Waals surface area contributed by atoms with Crippen LogP contribution in [0.1, 0.15) is 28.2 Å². The molecule has 1 N–H and O–H groups in total. The van der Waals surface area contributed by atoms with Crippen LogP contribution < -0.4 is 10.2 Å². The van der Waals surface area contributed by atoms with E-state index in [1.54, 1.807) is 11.3 Å². The summed E-state index contributed by atoms with van der Waals surface area (Å²) in [6.07, 6.45) is 0. The van der Waals surface area contributed by atoms with Crippen molar-refractivity contribution in [3.8, 4) is 0 Å². The first kappa shape index (κ1) is 13.6. The smallest absolute Gasteiger partial charge is 0.251 e. The van der Waals surface area contributed by atoms with Crippen LogP contribution in [0.15, 0.2) is 41.8 Å². The number of carbonyl (C=O) groups is 1. The zero-order valence-corrected chi connectivity index (χ0v) is 12.2. The summed E-state index contributed by atoms with van der Waals surface area (Å²) in [5, 5.41) is 5.02. The molecule has 2 aromatic rings. The molecule has 0 unspecified atom stereocenters. The van der Waals surface area contributed by atoms with Gasteiger partial charge in [0.05, 0.1) is 6.04 Å². The molecule has 1 heterocycles. The molecule has 0 saturated carbocycles. The molecular formula is C15H18N2OS. The quantitative estimate of drug-likeness (QED) is 0.927. The van der Waals surface area contributed by atoms with Crippen LogP contribution in [0.5, 0.6) is 0 Å². The van der Waals surface area contributed by atoms with E-state index in [2.05, 4.69) is 5.32 Å².